The lowest BCUT2D eigenvalue weighted by Gasteiger charge is -2.42. The lowest BCUT2D eigenvalue weighted by Crippen LogP contribution is -2.57. The normalized spacial score (nSPS) is 18.0. The number of likely N-dealkylation sites (tertiary alicyclic amines) is 1. The first-order valence-corrected chi connectivity index (χ1v) is 7.89. The third kappa shape index (κ3) is 4.86. The van der Waals surface area contributed by atoms with Gasteiger partial charge in [-0.2, -0.15) is 0 Å². The van der Waals surface area contributed by atoms with Crippen LogP contribution in [-0.4, -0.2) is 36.6 Å². The maximum absolute atomic E-state index is 6.03. The second-order valence-corrected chi connectivity index (χ2v) is 5.85. The Hall–Kier alpha value is -1.34. The van der Waals surface area contributed by atoms with Gasteiger partial charge in [0, 0.05) is 44.7 Å². The van der Waals surface area contributed by atoms with E-state index in [1.165, 1.54) is 5.56 Å². The summed E-state index contributed by atoms with van der Waals surface area (Å²) in [5.41, 5.74) is 7.54. The van der Waals surface area contributed by atoms with E-state index in [4.69, 9.17) is 5.73 Å². The number of nitrogens with zero attached hydrogens (tertiary/aromatic N) is 1. The van der Waals surface area contributed by atoms with E-state index in [2.05, 4.69) is 52.4 Å². The first kappa shape index (κ1) is 16.0. The number of benzene rings is 1. The van der Waals surface area contributed by atoms with Crippen LogP contribution < -0.4 is 11.1 Å². The predicted octanol–water partition coefficient (Wildman–Crippen LogP) is 1.98. The van der Waals surface area contributed by atoms with Crippen LogP contribution >= 0.6 is 0 Å². The summed E-state index contributed by atoms with van der Waals surface area (Å²) in [6.45, 7) is 6.81. The largest absolute Gasteiger partial charge is 0.329 e. The summed E-state index contributed by atoms with van der Waals surface area (Å²) in [6, 6.07) is 10.7. The molecule has 1 aliphatic rings. The summed E-state index contributed by atoms with van der Waals surface area (Å²) in [4.78, 5) is 2.52. The lowest BCUT2D eigenvalue weighted by atomic mass is 9.87. The average molecular weight is 285 g/mol. The average Bonchev–Trinajstić information content (AvgIpc) is 2.54. The Labute approximate surface area is 128 Å². The zero-order chi connectivity index (χ0) is 15.0. The first-order valence-electron chi connectivity index (χ1n) is 7.89. The highest BCUT2D eigenvalue weighted by Crippen LogP contribution is 2.22. The second kappa shape index (κ2) is 8.19. The van der Waals surface area contributed by atoms with Crippen molar-refractivity contribution in [1.82, 2.24) is 10.2 Å². The number of hydrogen-bond donors (Lipinski definition) is 2. The Morgan fingerprint density at radius 1 is 1.24 bits per heavy atom. The van der Waals surface area contributed by atoms with Crippen molar-refractivity contribution in [3.8, 4) is 11.8 Å². The van der Waals surface area contributed by atoms with Crippen LogP contribution in [0.3, 0.4) is 0 Å². The third-order valence-corrected chi connectivity index (χ3v) is 4.38. The fraction of sp³-hybridized carbons (Fsp3) is 0.556. The molecule has 0 unspecified atom stereocenters. The van der Waals surface area contributed by atoms with Gasteiger partial charge in [-0.25, -0.2) is 0 Å². The minimum Gasteiger partial charge on any atom is -0.329 e. The highest BCUT2D eigenvalue weighted by Gasteiger charge is 2.32. The molecule has 0 saturated carbocycles. The quantitative estimate of drug-likeness (QED) is 0.620. The molecule has 1 aromatic rings. The highest BCUT2D eigenvalue weighted by atomic mass is 15.2. The van der Waals surface area contributed by atoms with E-state index in [9.17, 15) is 0 Å². The standard InChI is InChI=1S/C18H27N3/c1-2-3-7-12-20-18(16-19)10-13-21(14-11-18)15-17-8-5-4-6-9-17/h4-6,8-9,20H,7,10-16,19H2,1H3. The van der Waals surface area contributed by atoms with Crippen LogP contribution in [0.25, 0.3) is 0 Å². The van der Waals surface area contributed by atoms with Crippen LogP contribution in [0.15, 0.2) is 30.3 Å². The zero-order valence-corrected chi connectivity index (χ0v) is 13.1. The van der Waals surface area contributed by atoms with Crippen molar-refractivity contribution in [3.63, 3.8) is 0 Å². The van der Waals surface area contributed by atoms with E-state index in [-0.39, 0.29) is 5.54 Å². The first-order chi connectivity index (χ1) is 10.3. The second-order valence-electron chi connectivity index (χ2n) is 5.85. The summed E-state index contributed by atoms with van der Waals surface area (Å²) in [5, 5.41) is 3.65. The van der Waals surface area contributed by atoms with E-state index >= 15 is 0 Å². The van der Waals surface area contributed by atoms with E-state index < -0.39 is 0 Å². The molecule has 1 heterocycles. The molecule has 0 aliphatic carbocycles. The van der Waals surface area contributed by atoms with E-state index in [0.717, 1.165) is 45.4 Å². The van der Waals surface area contributed by atoms with Gasteiger partial charge >= 0.3 is 0 Å². The van der Waals surface area contributed by atoms with Crippen LogP contribution in [0.5, 0.6) is 0 Å². The number of hydrogen-bond acceptors (Lipinski definition) is 3. The topological polar surface area (TPSA) is 41.3 Å². The van der Waals surface area contributed by atoms with Gasteiger partial charge < -0.3 is 11.1 Å². The van der Waals surface area contributed by atoms with Gasteiger partial charge in [0.1, 0.15) is 0 Å². The van der Waals surface area contributed by atoms with Crippen LogP contribution in [0.2, 0.25) is 0 Å². The Morgan fingerprint density at radius 2 is 1.95 bits per heavy atom. The molecule has 1 aromatic carbocycles. The smallest absolute Gasteiger partial charge is 0.0328 e. The molecule has 21 heavy (non-hydrogen) atoms. The molecule has 0 atom stereocenters. The maximum atomic E-state index is 6.03. The summed E-state index contributed by atoms with van der Waals surface area (Å²) in [5.74, 6) is 6.05. The molecule has 2 rings (SSSR count). The van der Waals surface area contributed by atoms with Crippen LogP contribution in [-0.2, 0) is 6.54 Å². The maximum Gasteiger partial charge on any atom is 0.0328 e. The van der Waals surface area contributed by atoms with Gasteiger partial charge in [-0.3, -0.25) is 4.90 Å². The van der Waals surface area contributed by atoms with Gasteiger partial charge in [-0.15, -0.1) is 11.8 Å². The fourth-order valence-electron chi connectivity index (χ4n) is 2.95. The van der Waals surface area contributed by atoms with E-state index in [0.29, 0.717) is 6.54 Å². The fourth-order valence-corrected chi connectivity index (χ4v) is 2.95. The Kier molecular flexibility index (Phi) is 6.25. The van der Waals surface area contributed by atoms with Gasteiger partial charge in [-0.1, -0.05) is 30.3 Å². The van der Waals surface area contributed by atoms with Crippen molar-refractivity contribution in [1.29, 1.82) is 0 Å². The molecule has 1 aliphatic heterocycles. The molecule has 3 nitrogen and oxygen atoms in total. The molecule has 3 heteroatoms. The van der Waals surface area contributed by atoms with Crippen LogP contribution in [0.4, 0.5) is 0 Å². The van der Waals surface area contributed by atoms with Gasteiger partial charge in [0.2, 0.25) is 0 Å². The van der Waals surface area contributed by atoms with Gasteiger partial charge in [0.25, 0.3) is 0 Å². The van der Waals surface area contributed by atoms with Crippen molar-refractivity contribution in [2.45, 2.75) is 38.3 Å². The monoisotopic (exact) mass is 285 g/mol. The summed E-state index contributed by atoms with van der Waals surface area (Å²) in [7, 11) is 0. The number of rotatable bonds is 6. The molecule has 1 fully saturated rings. The third-order valence-electron chi connectivity index (χ3n) is 4.38. The van der Waals surface area contributed by atoms with Crippen molar-refractivity contribution in [3.05, 3.63) is 35.9 Å². The Balaban J connectivity index is 1.80. The van der Waals surface area contributed by atoms with Crippen molar-refractivity contribution >= 4 is 0 Å². The number of nitrogens with one attached hydrogen (secondary N) is 1. The van der Waals surface area contributed by atoms with Crippen molar-refractivity contribution in [2.75, 3.05) is 26.2 Å². The Morgan fingerprint density at radius 3 is 2.57 bits per heavy atom. The Bertz CT molecular complexity index is 464. The minimum absolute atomic E-state index is 0.114. The van der Waals surface area contributed by atoms with Crippen molar-refractivity contribution < 1.29 is 0 Å². The lowest BCUT2D eigenvalue weighted by molar-refractivity contribution is 0.134. The summed E-state index contributed by atoms with van der Waals surface area (Å²) < 4.78 is 0. The molecule has 1 saturated heterocycles. The van der Waals surface area contributed by atoms with Gasteiger partial charge in [0.05, 0.1) is 0 Å². The van der Waals surface area contributed by atoms with Crippen molar-refractivity contribution in [2.24, 2.45) is 5.73 Å². The van der Waals surface area contributed by atoms with Gasteiger partial charge in [-0.05, 0) is 25.3 Å². The molecule has 0 bridgehead atoms. The molecule has 0 aromatic heterocycles. The number of piperidine rings is 1. The van der Waals surface area contributed by atoms with Crippen LogP contribution in [0, 0.1) is 11.8 Å². The van der Waals surface area contributed by atoms with Crippen LogP contribution in [0.1, 0.15) is 31.7 Å². The van der Waals surface area contributed by atoms with Gasteiger partial charge in [0.15, 0.2) is 0 Å². The molecule has 0 spiro atoms. The molecular formula is C18H27N3. The molecular weight excluding hydrogens is 258 g/mol. The zero-order valence-electron chi connectivity index (χ0n) is 13.1. The minimum atomic E-state index is 0.114. The van der Waals surface area contributed by atoms with E-state index in [1.54, 1.807) is 0 Å². The molecule has 0 amide bonds. The highest BCUT2D eigenvalue weighted by molar-refractivity contribution is 5.14. The SMILES string of the molecule is CC#CCCNC1(CN)CCN(Cc2ccccc2)CC1. The molecule has 3 N–H and O–H groups in total. The van der Waals surface area contributed by atoms with E-state index in [1.807, 2.05) is 6.92 Å². The summed E-state index contributed by atoms with van der Waals surface area (Å²) in [6.07, 6.45) is 3.15. The molecule has 0 radical (unpaired) electrons. The summed E-state index contributed by atoms with van der Waals surface area (Å²) >= 11 is 0. The predicted molar refractivity (Wildman–Crippen MR) is 88.8 cm³/mol. The molecule has 114 valence electrons. The number of nitrogens with two attached hydrogens (primary N) is 1.